The van der Waals surface area contributed by atoms with Gasteiger partial charge in [-0.15, -0.1) is 0 Å². The van der Waals surface area contributed by atoms with Gasteiger partial charge in [-0.05, 0) is 30.7 Å². The molecule has 0 aliphatic rings. The topological polar surface area (TPSA) is 67.2 Å². The average molecular weight is 348 g/mol. The zero-order chi connectivity index (χ0) is 17.0. The first-order valence-corrected chi connectivity index (χ1v) is 7.02. The number of aliphatic hydroxyl groups is 1. The molecule has 1 aromatic carbocycles. The molecule has 0 spiro atoms. The molecule has 0 saturated carbocycles. The van der Waals surface area contributed by atoms with Crippen LogP contribution in [0.15, 0.2) is 30.5 Å². The second kappa shape index (κ2) is 7.01. The molecule has 0 saturated heterocycles. The van der Waals surface area contributed by atoms with Crippen LogP contribution in [0.3, 0.4) is 0 Å². The van der Waals surface area contributed by atoms with E-state index >= 15 is 0 Å². The molecule has 0 aliphatic carbocycles. The summed E-state index contributed by atoms with van der Waals surface area (Å²) in [5.41, 5.74) is -1.61. The monoisotopic (exact) mass is 347 g/mol. The van der Waals surface area contributed by atoms with Crippen molar-refractivity contribution >= 4 is 17.5 Å². The summed E-state index contributed by atoms with van der Waals surface area (Å²) in [6.07, 6.45) is -3.65. The summed E-state index contributed by atoms with van der Waals surface area (Å²) in [5.74, 6) is -0.897. The Morgan fingerprint density at radius 3 is 2.52 bits per heavy atom. The maximum Gasteiger partial charge on any atom is 0.434 e. The van der Waals surface area contributed by atoms with Crippen LogP contribution in [0.2, 0.25) is 5.02 Å². The van der Waals surface area contributed by atoms with E-state index in [1.54, 1.807) is 0 Å². The highest BCUT2D eigenvalue weighted by Crippen LogP contribution is 2.33. The van der Waals surface area contributed by atoms with Crippen LogP contribution in [0.4, 0.5) is 13.2 Å². The number of hydrogen-bond donors (Lipinski definition) is 2. The highest BCUT2D eigenvalue weighted by Gasteiger charge is 2.40. The normalized spacial score (nSPS) is 11.5. The van der Waals surface area contributed by atoms with E-state index < -0.39 is 23.3 Å². The first kappa shape index (κ1) is 17.3. The van der Waals surface area contributed by atoms with E-state index in [-0.39, 0.29) is 25.3 Å². The van der Waals surface area contributed by atoms with Crippen LogP contribution in [0, 0.1) is 0 Å². The molecule has 124 valence electrons. The van der Waals surface area contributed by atoms with Gasteiger partial charge in [0.05, 0.1) is 17.4 Å². The van der Waals surface area contributed by atoms with E-state index in [0.29, 0.717) is 9.70 Å². The number of carbonyl (C=O) groups is 1. The number of benzene rings is 1. The molecule has 0 bridgehead atoms. The number of carbonyl (C=O) groups excluding carboxylic acids is 1. The molecule has 0 aliphatic heterocycles. The summed E-state index contributed by atoms with van der Waals surface area (Å²) >= 11 is 5.72. The molecule has 1 amide bonds. The van der Waals surface area contributed by atoms with Gasteiger partial charge < -0.3 is 10.4 Å². The lowest BCUT2D eigenvalue weighted by atomic mass is 10.2. The van der Waals surface area contributed by atoms with E-state index in [4.69, 9.17) is 16.7 Å². The van der Waals surface area contributed by atoms with Crippen LogP contribution in [-0.2, 0) is 6.18 Å². The van der Waals surface area contributed by atoms with Crippen molar-refractivity contribution in [1.29, 1.82) is 0 Å². The zero-order valence-corrected chi connectivity index (χ0v) is 12.5. The summed E-state index contributed by atoms with van der Waals surface area (Å²) in [7, 11) is 0. The molecule has 0 fully saturated rings. The Kier molecular flexibility index (Phi) is 5.27. The lowest BCUT2D eigenvalue weighted by molar-refractivity contribution is -0.143. The summed E-state index contributed by atoms with van der Waals surface area (Å²) in [4.78, 5) is 11.9. The minimum Gasteiger partial charge on any atom is -0.396 e. The molecule has 5 nitrogen and oxygen atoms in total. The molecule has 2 N–H and O–H groups in total. The number of rotatable bonds is 5. The maximum atomic E-state index is 13.3. The Balaban J connectivity index is 2.41. The van der Waals surface area contributed by atoms with E-state index in [9.17, 15) is 18.0 Å². The molecule has 23 heavy (non-hydrogen) atoms. The highest BCUT2D eigenvalue weighted by molar-refractivity contribution is 6.30. The van der Waals surface area contributed by atoms with Gasteiger partial charge in [-0.2, -0.15) is 18.3 Å². The molecule has 0 atom stereocenters. The van der Waals surface area contributed by atoms with Crippen LogP contribution < -0.4 is 5.32 Å². The summed E-state index contributed by atoms with van der Waals surface area (Å²) in [6, 6.07) is 5.61. The number of aromatic nitrogens is 2. The standard InChI is InChI=1S/C14H13ClF3N3O2/c15-9-2-4-10(5-3-9)21-12(14(16,17)18)11(8-20-21)13(23)19-6-1-7-22/h2-5,8,22H,1,6-7H2,(H,19,23). The van der Waals surface area contributed by atoms with Gasteiger partial charge in [-0.25, -0.2) is 4.68 Å². The van der Waals surface area contributed by atoms with Crippen LogP contribution in [0.25, 0.3) is 5.69 Å². The van der Waals surface area contributed by atoms with Gasteiger partial charge >= 0.3 is 6.18 Å². The Morgan fingerprint density at radius 2 is 1.96 bits per heavy atom. The molecule has 0 radical (unpaired) electrons. The molecule has 2 rings (SSSR count). The number of halogens is 4. The van der Waals surface area contributed by atoms with Crippen LogP contribution in [-0.4, -0.2) is 33.9 Å². The number of nitrogens with one attached hydrogen (secondary N) is 1. The predicted molar refractivity (Wildman–Crippen MR) is 77.6 cm³/mol. The third kappa shape index (κ3) is 4.02. The smallest absolute Gasteiger partial charge is 0.396 e. The predicted octanol–water partition coefficient (Wildman–Crippen LogP) is 2.66. The van der Waals surface area contributed by atoms with Crippen molar-refractivity contribution in [3.05, 3.63) is 46.7 Å². The fraction of sp³-hybridized carbons (Fsp3) is 0.286. The highest BCUT2D eigenvalue weighted by atomic mass is 35.5. The third-order valence-corrected chi connectivity index (χ3v) is 3.23. The molecule has 9 heteroatoms. The third-order valence-electron chi connectivity index (χ3n) is 2.97. The Bertz CT molecular complexity index is 684. The van der Waals surface area contributed by atoms with Gasteiger partial charge in [0, 0.05) is 18.2 Å². The quantitative estimate of drug-likeness (QED) is 0.817. The molecular formula is C14H13ClF3N3O2. The molecular weight excluding hydrogens is 335 g/mol. The fourth-order valence-corrected chi connectivity index (χ4v) is 2.07. The number of amides is 1. The Labute approximate surface area is 134 Å². The van der Waals surface area contributed by atoms with Crippen molar-refractivity contribution < 1.29 is 23.1 Å². The number of hydrogen-bond acceptors (Lipinski definition) is 3. The molecule has 1 heterocycles. The minimum absolute atomic E-state index is 0.0682. The van der Waals surface area contributed by atoms with Crippen LogP contribution >= 0.6 is 11.6 Å². The Morgan fingerprint density at radius 1 is 1.30 bits per heavy atom. The van der Waals surface area contributed by atoms with Crippen molar-refractivity contribution in [3.8, 4) is 5.69 Å². The second-order valence-corrected chi connectivity index (χ2v) is 5.06. The van der Waals surface area contributed by atoms with Crippen LogP contribution in [0.5, 0.6) is 0 Å². The second-order valence-electron chi connectivity index (χ2n) is 4.63. The SMILES string of the molecule is O=C(NCCCO)c1cnn(-c2ccc(Cl)cc2)c1C(F)(F)F. The molecule has 2 aromatic rings. The average Bonchev–Trinajstić information content (AvgIpc) is 2.93. The van der Waals surface area contributed by atoms with Gasteiger partial charge in [0.1, 0.15) is 0 Å². The van der Waals surface area contributed by atoms with Crippen molar-refractivity contribution in [1.82, 2.24) is 15.1 Å². The first-order valence-electron chi connectivity index (χ1n) is 6.65. The van der Waals surface area contributed by atoms with Crippen molar-refractivity contribution in [2.75, 3.05) is 13.2 Å². The lowest BCUT2D eigenvalue weighted by Crippen LogP contribution is -2.27. The van der Waals surface area contributed by atoms with Crippen molar-refractivity contribution in [2.45, 2.75) is 12.6 Å². The largest absolute Gasteiger partial charge is 0.434 e. The van der Waals surface area contributed by atoms with E-state index in [1.165, 1.54) is 24.3 Å². The van der Waals surface area contributed by atoms with Gasteiger partial charge in [-0.1, -0.05) is 11.6 Å². The molecule has 1 aromatic heterocycles. The Hall–Kier alpha value is -2.06. The summed E-state index contributed by atoms with van der Waals surface area (Å²) in [5, 5.41) is 15.0. The number of nitrogens with zero attached hydrogens (tertiary/aromatic N) is 2. The van der Waals surface area contributed by atoms with Crippen molar-refractivity contribution in [3.63, 3.8) is 0 Å². The molecule has 0 unspecified atom stereocenters. The van der Waals surface area contributed by atoms with E-state index in [0.717, 1.165) is 6.20 Å². The number of alkyl halides is 3. The first-order chi connectivity index (χ1) is 10.8. The van der Waals surface area contributed by atoms with E-state index in [1.807, 2.05) is 0 Å². The summed E-state index contributed by atoms with van der Waals surface area (Å²) < 4.78 is 40.7. The van der Waals surface area contributed by atoms with Gasteiger partial charge in [-0.3, -0.25) is 4.79 Å². The van der Waals surface area contributed by atoms with E-state index in [2.05, 4.69) is 10.4 Å². The van der Waals surface area contributed by atoms with Crippen molar-refractivity contribution in [2.24, 2.45) is 0 Å². The van der Waals surface area contributed by atoms with Gasteiger partial charge in [0.2, 0.25) is 0 Å². The van der Waals surface area contributed by atoms with Gasteiger partial charge in [0.25, 0.3) is 5.91 Å². The fourth-order valence-electron chi connectivity index (χ4n) is 1.94. The van der Waals surface area contributed by atoms with Gasteiger partial charge in [0.15, 0.2) is 5.69 Å². The minimum atomic E-state index is -4.76. The number of aliphatic hydroxyl groups excluding tert-OH is 1. The maximum absolute atomic E-state index is 13.3. The zero-order valence-electron chi connectivity index (χ0n) is 11.8. The summed E-state index contributed by atoms with van der Waals surface area (Å²) in [6.45, 7) is -0.102. The van der Waals surface area contributed by atoms with Crippen LogP contribution in [0.1, 0.15) is 22.5 Å². The lowest BCUT2D eigenvalue weighted by Gasteiger charge is -2.13.